The van der Waals surface area contributed by atoms with Gasteiger partial charge in [0.2, 0.25) is 0 Å². The van der Waals surface area contributed by atoms with Crippen LogP contribution >= 0.6 is 11.3 Å². The zero-order chi connectivity index (χ0) is 11.5. The van der Waals surface area contributed by atoms with E-state index in [1.54, 1.807) is 19.1 Å². The lowest BCUT2D eigenvalue weighted by molar-refractivity contribution is 0.0694. The molecule has 2 rings (SSSR count). The number of hydrogen-bond donors (Lipinski definition) is 1. The summed E-state index contributed by atoms with van der Waals surface area (Å²) in [5.74, 6) is -0.713. The topological polar surface area (TPSA) is 72.3 Å². The maximum absolute atomic E-state index is 11.0. The van der Waals surface area contributed by atoms with Crippen LogP contribution in [0.3, 0.4) is 0 Å². The summed E-state index contributed by atoms with van der Waals surface area (Å²) in [6, 6.07) is 4.94. The Kier molecular flexibility index (Phi) is 2.82. The number of carboxylic acid groups (broad SMARTS) is 1. The molecule has 1 aromatic carbocycles. The first kappa shape index (κ1) is 10.6. The lowest BCUT2D eigenvalue weighted by Crippen LogP contribution is -2.01. The molecule has 0 bridgehead atoms. The first-order valence-electron chi connectivity index (χ1n) is 4.45. The Morgan fingerprint density at radius 2 is 2.31 bits per heavy atom. The summed E-state index contributed by atoms with van der Waals surface area (Å²) in [5.41, 5.74) is 2.39. The van der Waals surface area contributed by atoms with Crippen molar-refractivity contribution in [3.8, 4) is 10.9 Å². The van der Waals surface area contributed by atoms with Crippen molar-refractivity contribution in [2.45, 2.75) is 6.92 Å². The van der Waals surface area contributed by atoms with E-state index < -0.39 is 5.97 Å². The van der Waals surface area contributed by atoms with Crippen molar-refractivity contribution in [1.82, 2.24) is 10.2 Å². The molecule has 5 nitrogen and oxygen atoms in total. The lowest BCUT2D eigenvalue weighted by Gasteiger charge is -2.08. The van der Waals surface area contributed by atoms with Gasteiger partial charge in [-0.2, -0.15) is 0 Å². The van der Waals surface area contributed by atoms with Crippen LogP contribution in [0.25, 0.3) is 0 Å². The van der Waals surface area contributed by atoms with Gasteiger partial charge in [-0.25, -0.2) is 4.79 Å². The Bertz CT molecular complexity index is 511. The molecular weight excluding hydrogens is 228 g/mol. The molecule has 0 atom stereocenters. The average Bonchev–Trinajstić information content (AvgIpc) is 2.73. The minimum atomic E-state index is -1.02. The van der Waals surface area contributed by atoms with Crippen molar-refractivity contribution in [3.63, 3.8) is 0 Å². The van der Waals surface area contributed by atoms with E-state index in [-0.39, 0.29) is 5.56 Å². The highest BCUT2D eigenvalue weighted by Gasteiger charge is 2.15. The van der Waals surface area contributed by atoms with Gasteiger partial charge in [0.15, 0.2) is 0 Å². The molecule has 16 heavy (non-hydrogen) atoms. The normalized spacial score (nSPS) is 10.1. The second-order valence-electron chi connectivity index (χ2n) is 3.06. The molecular formula is C10H8N2O3S. The second kappa shape index (κ2) is 4.28. The number of rotatable bonds is 3. The fourth-order valence-corrected chi connectivity index (χ4v) is 1.66. The van der Waals surface area contributed by atoms with Crippen molar-refractivity contribution in [3.05, 3.63) is 34.8 Å². The van der Waals surface area contributed by atoms with Crippen LogP contribution in [-0.4, -0.2) is 21.3 Å². The molecule has 0 amide bonds. The molecule has 1 heterocycles. The third kappa shape index (κ3) is 2.01. The number of para-hydroxylation sites is 1. The standard InChI is InChI=1S/C10H8N2O3S/c1-6-3-2-4-7(9(13)14)8(6)15-10-12-11-5-16-10/h2-5H,1H3,(H,13,14). The summed E-state index contributed by atoms with van der Waals surface area (Å²) in [6.07, 6.45) is 0. The van der Waals surface area contributed by atoms with Gasteiger partial charge in [0.25, 0.3) is 5.19 Å². The van der Waals surface area contributed by atoms with Crippen molar-refractivity contribution < 1.29 is 14.6 Å². The zero-order valence-electron chi connectivity index (χ0n) is 8.38. The number of hydrogen-bond acceptors (Lipinski definition) is 5. The highest BCUT2D eigenvalue weighted by atomic mass is 32.1. The summed E-state index contributed by atoms with van der Waals surface area (Å²) in [5, 5.41) is 16.7. The largest absolute Gasteiger partial charge is 0.478 e. The van der Waals surface area contributed by atoms with Gasteiger partial charge in [0.05, 0.1) is 0 Å². The molecule has 1 N–H and O–H groups in total. The number of aryl methyl sites for hydroxylation is 1. The predicted octanol–water partition coefficient (Wildman–Crippen LogP) is 2.34. The third-order valence-corrected chi connectivity index (χ3v) is 2.54. The lowest BCUT2D eigenvalue weighted by atomic mass is 10.1. The van der Waals surface area contributed by atoms with Gasteiger partial charge in [-0.3, -0.25) is 0 Å². The Morgan fingerprint density at radius 3 is 2.94 bits per heavy atom. The Morgan fingerprint density at radius 1 is 1.50 bits per heavy atom. The summed E-state index contributed by atoms with van der Waals surface area (Å²) < 4.78 is 5.41. The molecule has 0 spiro atoms. The van der Waals surface area contributed by atoms with Crippen molar-refractivity contribution in [2.75, 3.05) is 0 Å². The number of ether oxygens (including phenoxy) is 1. The van der Waals surface area contributed by atoms with E-state index in [4.69, 9.17) is 9.84 Å². The number of carboxylic acids is 1. The molecule has 0 aliphatic rings. The highest BCUT2D eigenvalue weighted by Crippen LogP contribution is 2.29. The van der Waals surface area contributed by atoms with Gasteiger partial charge < -0.3 is 9.84 Å². The zero-order valence-corrected chi connectivity index (χ0v) is 9.19. The van der Waals surface area contributed by atoms with Crippen LogP contribution in [0.5, 0.6) is 10.9 Å². The molecule has 1 aromatic heterocycles. The van der Waals surface area contributed by atoms with Crippen LogP contribution in [0.1, 0.15) is 15.9 Å². The Hall–Kier alpha value is -1.95. The quantitative estimate of drug-likeness (QED) is 0.885. The fourth-order valence-electron chi connectivity index (χ4n) is 1.25. The van der Waals surface area contributed by atoms with E-state index in [1.807, 2.05) is 0 Å². The monoisotopic (exact) mass is 236 g/mol. The number of aromatic carboxylic acids is 1. The third-order valence-electron chi connectivity index (χ3n) is 1.97. The molecule has 0 saturated carbocycles. The van der Waals surface area contributed by atoms with Crippen LogP contribution in [0.2, 0.25) is 0 Å². The molecule has 0 aliphatic heterocycles. The number of aromatic nitrogens is 2. The number of carbonyl (C=O) groups is 1. The summed E-state index contributed by atoms with van der Waals surface area (Å²) in [6.45, 7) is 1.78. The Labute approximate surface area is 95.3 Å². The van der Waals surface area contributed by atoms with Gasteiger partial charge in [-0.1, -0.05) is 28.6 Å². The highest BCUT2D eigenvalue weighted by molar-refractivity contribution is 7.11. The van der Waals surface area contributed by atoms with Crippen molar-refractivity contribution in [1.29, 1.82) is 0 Å². The van der Waals surface area contributed by atoms with Gasteiger partial charge in [-0.15, -0.1) is 5.10 Å². The molecule has 2 aromatic rings. The smallest absolute Gasteiger partial charge is 0.339 e. The van der Waals surface area contributed by atoms with E-state index >= 15 is 0 Å². The summed E-state index contributed by atoms with van der Waals surface area (Å²) in [7, 11) is 0. The SMILES string of the molecule is Cc1cccc(C(=O)O)c1Oc1nncs1. The van der Waals surface area contributed by atoms with E-state index in [0.29, 0.717) is 10.9 Å². The molecule has 82 valence electrons. The van der Waals surface area contributed by atoms with Gasteiger partial charge in [0.1, 0.15) is 16.8 Å². The van der Waals surface area contributed by atoms with E-state index in [0.717, 1.165) is 5.56 Å². The summed E-state index contributed by atoms with van der Waals surface area (Å²) in [4.78, 5) is 11.0. The molecule has 0 radical (unpaired) electrons. The molecule has 0 saturated heterocycles. The average molecular weight is 236 g/mol. The molecule has 0 unspecified atom stereocenters. The minimum absolute atomic E-state index is 0.121. The predicted molar refractivity (Wildman–Crippen MR) is 58.1 cm³/mol. The maximum Gasteiger partial charge on any atom is 0.339 e. The molecule has 0 fully saturated rings. The summed E-state index contributed by atoms with van der Waals surface area (Å²) >= 11 is 1.21. The van der Waals surface area contributed by atoms with Gasteiger partial charge >= 0.3 is 5.97 Å². The first-order valence-corrected chi connectivity index (χ1v) is 5.33. The minimum Gasteiger partial charge on any atom is -0.478 e. The number of benzene rings is 1. The van der Waals surface area contributed by atoms with E-state index in [9.17, 15) is 4.79 Å². The fraction of sp³-hybridized carbons (Fsp3) is 0.100. The molecule has 0 aliphatic carbocycles. The van der Waals surface area contributed by atoms with Crippen LogP contribution in [0.4, 0.5) is 0 Å². The van der Waals surface area contributed by atoms with Crippen LogP contribution in [0.15, 0.2) is 23.7 Å². The number of nitrogens with zero attached hydrogens (tertiary/aromatic N) is 2. The van der Waals surface area contributed by atoms with Gasteiger partial charge in [-0.05, 0) is 18.6 Å². The Balaban J connectivity index is 2.42. The van der Waals surface area contributed by atoms with Crippen LogP contribution < -0.4 is 4.74 Å². The van der Waals surface area contributed by atoms with E-state index in [2.05, 4.69) is 10.2 Å². The van der Waals surface area contributed by atoms with Crippen LogP contribution in [0, 0.1) is 6.92 Å². The van der Waals surface area contributed by atoms with E-state index in [1.165, 1.54) is 22.9 Å². The first-order chi connectivity index (χ1) is 7.68. The van der Waals surface area contributed by atoms with Gasteiger partial charge in [0, 0.05) is 0 Å². The maximum atomic E-state index is 11.0. The van der Waals surface area contributed by atoms with Crippen molar-refractivity contribution in [2.24, 2.45) is 0 Å². The van der Waals surface area contributed by atoms with Crippen LogP contribution in [-0.2, 0) is 0 Å². The molecule has 6 heteroatoms. The van der Waals surface area contributed by atoms with Crippen molar-refractivity contribution >= 4 is 17.3 Å². The second-order valence-corrected chi connectivity index (χ2v) is 3.86.